The zero-order valence-electron chi connectivity index (χ0n) is 55.1. The maximum Gasteiger partial charge on any atom is 0.472 e. The van der Waals surface area contributed by atoms with Crippen LogP contribution >= 0.6 is 15.6 Å². The van der Waals surface area contributed by atoms with Gasteiger partial charge in [-0.25, -0.2) is 9.13 Å². The Kier molecular flexibility index (Phi) is 58.5. The minimum atomic E-state index is -4.96. The fourth-order valence-corrected chi connectivity index (χ4v) is 10.8. The lowest BCUT2D eigenvalue weighted by molar-refractivity contribution is -0.161. The normalized spacial score (nSPS) is 14.8. The molecule has 6 atom stereocenters. The molecule has 0 aliphatic rings. The van der Waals surface area contributed by atoms with Gasteiger partial charge in [0.05, 0.1) is 26.4 Å². The van der Waals surface area contributed by atoms with E-state index in [0.717, 1.165) is 134 Å². The number of unbranched alkanes of at least 4 members (excludes halogenated alkanes) is 29. The summed E-state index contributed by atoms with van der Waals surface area (Å²) in [6, 6.07) is 0. The molecular weight excluding hydrogens is 1150 g/mol. The maximum atomic E-state index is 13.0. The van der Waals surface area contributed by atoms with E-state index in [2.05, 4.69) is 83.2 Å². The molecule has 508 valence electrons. The number of aliphatic hydroxyl groups is 1. The molecule has 3 unspecified atom stereocenters. The van der Waals surface area contributed by atoms with Gasteiger partial charge in [0.15, 0.2) is 12.2 Å². The van der Waals surface area contributed by atoms with Crippen molar-refractivity contribution >= 4 is 39.5 Å². The smallest absolute Gasteiger partial charge is 0.462 e. The third-order valence-electron chi connectivity index (χ3n) is 14.9. The molecule has 0 saturated heterocycles. The van der Waals surface area contributed by atoms with Gasteiger partial charge in [0, 0.05) is 25.7 Å². The zero-order chi connectivity index (χ0) is 64.2. The van der Waals surface area contributed by atoms with Crippen molar-refractivity contribution in [2.45, 2.75) is 316 Å². The van der Waals surface area contributed by atoms with Crippen LogP contribution in [0.2, 0.25) is 0 Å². The Bertz CT molecular complexity index is 1870. The molecule has 0 aliphatic heterocycles. The number of hydrogen-bond acceptors (Lipinski definition) is 15. The number of carbonyl (C=O) groups is 4. The van der Waals surface area contributed by atoms with Gasteiger partial charge in [-0.1, -0.05) is 244 Å². The Hall–Kier alpha value is -2.98. The van der Waals surface area contributed by atoms with Crippen molar-refractivity contribution in [2.75, 3.05) is 39.6 Å². The van der Waals surface area contributed by atoms with Crippen molar-refractivity contribution in [3.05, 3.63) is 48.6 Å². The number of phosphoric acid groups is 2. The van der Waals surface area contributed by atoms with E-state index < -0.39 is 97.5 Å². The number of allylic oxidation sites excluding steroid dienone is 8. The van der Waals surface area contributed by atoms with Gasteiger partial charge < -0.3 is 33.8 Å². The molecule has 0 saturated carbocycles. The van der Waals surface area contributed by atoms with Crippen LogP contribution in [-0.2, 0) is 65.4 Å². The van der Waals surface area contributed by atoms with Crippen molar-refractivity contribution in [1.29, 1.82) is 0 Å². The van der Waals surface area contributed by atoms with Crippen LogP contribution in [0.5, 0.6) is 0 Å². The Balaban J connectivity index is 5.26. The first-order chi connectivity index (χ1) is 42.1. The number of esters is 4. The lowest BCUT2D eigenvalue weighted by atomic mass is 9.99. The van der Waals surface area contributed by atoms with Gasteiger partial charge in [0.1, 0.15) is 19.3 Å². The largest absolute Gasteiger partial charge is 0.472 e. The van der Waals surface area contributed by atoms with Gasteiger partial charge in [-0.15, -0.1) is 0 Å². The zero-order valence-corrected chi connectivity index (χ0v) is 56.9. The average Bonchev–Trinajstić information content (AvgIpc) is 3.66. The molecule has 0 fully saturated rings. The summed E-state index contributed by atoms with van der Waals surface area (Å²) in [5.74, 6) is -1.43. The van der Waals surface area contributed by atoms with E-state index >= 15 is 0 Å². The molecule has 17 nitrogen and oxygen atoms in total. The molecule has 19 heteroatoms. The Morgan fingerprint density at radius 3 is 0.977 bits per heavy atom. The van der Waals surface area contributed by atoms with E-state index in [4.69, 9.17) is 37.0 Å². The Morgan fingerprint density at radius 2 is 0.644 bits per heavy atom. The summed E-state index contributed by atoms with van der Waals surface area (Å²) >= 11 is 0. The first kappa shape index (κ1) is 84.0. The highest BCUT2D eigenvalue weighted by Crippen LogP contribution is 2.45. The summed E-state index contributed by atoms with van der Waals surface area (Å²) in [7, 11) is -9.91. The van der Waals surface area contributed by atoms with Gasteiger partial charge in [-0.05, 0) is 83.0 Å². The number of carbonyl (C=O) groups excluding carboxylic acids is 4. The number of rotatable bonds is 64. The molecule has 0 aromatic rings. The first-order valence-electron chi connectivity index (χ1n) is 34.3. The van der Waals surface area contributed by atoms with Crippen molar-refractivity contribution in [2.24, 2.45) is 5.92 Å². The fraction of sp³-hybridized carbons (Fsp3) is 0.824. The molecule has 87 heavy (non-hydrogen) atoms. The van der Waals surface area contributed by atoms with E-state index in [1.165, 1.54) is 83.5 Å². The highest BCUT2D eigenvalue weighted by Gasteiger charge is 2.30. The maximum absolute atomic E-state index is 13.0. The third-order valence-corrected chi connectivity index (χ3v) is 16.8. The minimum absolute atomic E-state index is 0.0779. The molecule has 0 radical (unpaired) electrons. The predicted molar refractivity (Wildman–Crippen MR) is 349 cm³/mol. The second-order valence-electron chi connectivity index (χ2n) is 23.4. The van der Waals surface area contributed by atoms with Crippen LogP contribution in [-0.4, -0.2) is 96.7 Å². The second kappa shape index (κ2) is 60.6. The lowest BCUT2D eigenvalue weighted by Crippen LogP contribution is -2.30. The highest BCUT2D eigenvalue weighted by atomic mass is 31.2. The Labute approximate surface area is 527 Å². The molecule has 0 amide bonds. The summed E-state index contributed by atoms with van der Waals surface area (Å²) in [5.41, 5.74) is 0. The van der Waals surface area contributed by atoms with Crippen LogP contribution < -0.4 is 0 Å². The van der Waals surface area contributed by atoms with Crippen molar-refractivity contribution in [1.82, 2.24) is 0 Å². The van der Waals surface area contributed by atoms with E-state index in [0.29, 0.717) is 25.7 Å². The van der Waals surface area contributed by atoms with Crippen LogP contribution in [0.1, 0.15) is 298 Å². The van der Waals surface area contributed by atoms with Crippen LogP contribution in [0.25, 0.3) is 0 Å². The molecule has 0 aliphatic carbocycles. The minimum Gasteiger partial charge on any atom is -0.462 e. The summed E-state index contributed by atoms with van der Waals surface area (Å²) in [4.78, 5) is 72.1. The summed E-state index contributed by atoms with van der Waals surface area (Å²) in [6.07, 6.45) is 51.9. The monoisotopic (exact) mass is 1270 g/mol. The van der Waals surface area contributed by atoms with E-state index in [1.807, 2.05) is 0 Å². The molecular formula is C68H124O17P2. The van der Waals surface area contributed by atoms with Gasteiger partial charge >= 0.3 is 39.5 Å². The Morgan fingerprint density at radius 1 is 0.368 bits per heavy atom. The molecule has 3 N–H and O–H groups in total. The van der Waals surface area contributed by atoms with Crippen LogP contribution in [0.15, 0.2) is 48.6 Å². The molecule has 0 rings (SSSR count). The van der Waals surface area contributed by atoms with E-state index in [1.54, 1.807) is 0 Å². The summed E-state index contributed by atoms with van der Waals surface area (Å²) < 4.78 is 67.9. The highest BCUT2D eigenvalue weighted by molar-refractivity contribution is 7.47. The van der Waals surface area contributed by atoms with Crippen LogP contribution in [0.3, 0.4) is 0 Å². The topological polar surface area (TPSA) is 237 Å². The van der Waals surface area contributed by atoms with Gasteiger partial charge in [0.2, 0.25) is 0 Å². The van der Waals surface area contributed by atoms with Crippen molar-refractivity contribution in [3.63, 3.8) is 0 Å². The van der Waals surface area contributed by atoms with Crippen LogP contribution in [0.4, 0.5) is 0 Å². The number of phosphoric ester groups is 2. The number of hydrogen-bond donors (Lipinski definition) is 3. The average molecular weight is 1280 g/mol. The van der Waals surface area contributed by atoms with Gasteiger partial charge in [0.25, 0.3) is 0 Å². The fourth-order valence-electron chi connectivity index (χ4n) is 9.18. The SMILES string of the molecule is CCCCCC/C=C\C=C/CCCCCCCC(=O)OC[C@H](COP(=O)(O)OC[C@@H](O)COP(=O)(O)OC[C@@H](COC(=O)CCCCCCC)OC(=O)CCCCCCCCCCC(C)CC)OC(=O)CCCCCCC/C=C\C=C/CCCCCC. The van der Waals surface area contributed by atoms with Gasteiger partial charge in [-0.2, -0.15) is 0 Å². The standard InChI is InChI=1S/C68H124O17P2/c1-6-10-13-16-18-20-22-24-26-28-30-32-37-42-47-52-66(71)79-58-64(85-67(72)53-48-43-38-33-31-29-27-25-23-21-19-17-14-11-7-2)60-83-87(76,77)81-56-62(69)55-80-86(74,75)82-59-63(57-78-65(70)51-46-40-15-12-8-3)84-68(73)54-49-44-39-35-34-36-41-45-50-61(5)9-4/h20-27,61-64,69H,6-19,28-60H2,1-5H3,(H,74,75)(H,76,77)/b22-20-,23-21-,26-24-,27-25-/t61?,62-,63+,64+/m0/s1. The second-order valence-corrected chi connectivity index (χ2v) is 26.3. The molecule has 0 spiro atoms. The first-order valence-corrected chi connectivity index (χ1v) is 37.3. The predicted octanol–water partition coefficient (Wildman–Crippen LogP) is 18.5. The summed E-state index contributed by atoms with van der Waals surface area (Å²) in [6.45, 7) is 6.99. The third kappa shape index (κ3) is 60.4. The molecule has 0 bridgehead atoms. The number of aliphatic hydroxyl groups excluding tert-OH is 1. The van der Waals surface area contributed by atoms with E-state index in [9.17, 15) is 43.2 Å². The van der Waals surface area contributed by atoms with Crippen molar-refractivity contribution in [3.8, 4) is 0 Å². The molecule has 0 aromatic heterocycles. The van der Waals surface area contributed by atoms with Crippen molar-refractivity contribution < 1.29 is 80.2 Å². The lowest BCUT2D eigenvalue weighted by Gasteiger charge is -2.21. The van der Waals surface area contributed by atoms with Crippen LogP contribution in [0, 0.1) is 5.92 Å². The quantitative estimate of drug-likeness (QED) is 0.0169. The molecule has 0 heterocycles. The molecule has 0 aromatic carbocycles. The van der Waals surface area contributed by atoms with E-state index in [-0.39, 0.29) is 25.7 Å². The number of ether oxygens (including phenoxy) is 4. The summed E-state index contributed by atoms with van der Waals surface area (Å²) in [5, 5.41) is 10.5. The van der Waals surface area contributed by atoms with Gasteiger partial charge in [-0.3, -0.25) is 37.3 Å².